The van der Waals surface area contributed by atoms with Crippen molar-refractivity contribution in [2.45, 2.75) is 36.7 Å². The minimum Gasteiger partial charge on any atom is -0.497 e. The van der Waals surface area contributed by atoms with Crippen LogP contribution in [0.5, 0.6) is 5.75 Å². The van der Waals surface area contributed by atoms with Crippen LogP contribution in [0.4, 0.5) is 0 Å². The Hall–Kier alpha value is -4.18. The van der Waals surface area contributed by atoms with Gasteiger partial charge in [-0.05, 0) is 41.8 Å². The molecular formula is C29H31N3O6S. The zero-order chi connectivity index (χ0) is 28.0. The van der Waals surface area contributed by atoms with E-state index in [2.05, 4.69) is 5.32 Å². The summed E-state index contributed by atoms with van der Waals surface area (Å²) in [5.41, 5.74) is 1.80. The third-order valence-electron chi connectivity index (χ3n) is 6.67. The number of nitrogens with zero attached hydrogens (tertiary/aromatic N) is 2. The summed E-state index contributed by atoms with van der Waals surface area (Å²) in [4.78, 5) is 40.9. The summed E-state index contributed by atoms with van der Waals surface area (Å²) in [7, 11) is -0.887. The van der Waals surface area contributed by atoms with Crippen molar-refractivity contribution < 1.29 is 27.5 Å². The Morgan fingerprint density at radius 3 is 2.36 bits per heavy atom. The van der Waals surface area contributed by atoms with Crippen LogP contribution >= 0.6 is 0 Å². The predicted octanol–water partition coefficient (Wildman–Crippen LogP) is 3.01. The van der Waals surface area contributed by atoms with Gasteiger partial charge in [0.1, 0.15) is 16.7 Å². The normalized spacial score (nSPS) is 14.4. The molecule has 204 valence electrons. The molecular weight excluding hydrogens is 518 g/mol. The molecule has 1 atom stereocenters. The highest BCUT2D eigenvalue weighted by Crippen LogP contribution is 2.30. The summed E-state index contributed by atoms with van der Waals surface area (Å²) in [5, 5.41) is 2.67. The molecule has 1 N–H and O–H groups in total. The molecule has 0 spiro atoms. The van der Waals surface area contributed by atoms with Gasteiger partial charge in [0.2, 0.25) is 11.8 Å². The first kappa shape index (κ1) is 27.8. The van der Waals surface area contributed by atoms with Crippen LogP contribution in [0, 0.1) is 0 Å². The van der Waals surface area contributed by atoms with Crippen molar-refractivity contribution in [3.05, 3.63) is 95.6 Å². The number of hydrogen-bond donors (Lipinski definition) is 1. The van der Waals surface area contributed by atoms with Gasteiger partial charge in [-0.15, -0.1) is 0 Å². The highest BCUT2D eigenvalue weighted by molar-refractivity contribution is 7.90. The lowest BCUT2D eigenvalue weighted by Gasteiger charge is -2.31. The van der Waals surface area contributed by atoms with E-state index in [4.69, 9.17) is 4.74 Å². The predicted molar refractivity (Wildman–Crippen MR) is 145 cm³/mol. The second-order valence-corrected chi connectivity index (χ2v) is 11.0. The highest BCUT2D eigenvalue weighted by Gasteiger charge is 2.40. The molecule has 3 amide bonds. The van der Waals surface area contributed by atoms with Crippen molar-refractivity contribution >= 4 is 27.7 Å². The molecule has 0 saturated carbocycles. The van der Waals surface area contributed by atoms with Crippen molar-refractivity contribution in [2.24, 2.45) is 0 Å². The summed E-state index contributed by atoms with van der Waals surface area (Å²) in [5.74, 6) is -0.623. The number of nitrogens with one attached hydrogen (secondary N) is 1. The molecule has 3 aromatic carbocycles. The van der Waals surface area contributed by atoms with E-state index in [9.17, 15) is 22.8 Å². The molecule has 3 aromatic rings. The number of methoxy groups -OCH3 is 1. The molecule has 39 heavy (non-hydrogen) atoms. The van der Waals surface area contributed by atoms with E-state index in [0.29, 0.717) is 12.2 Å². The van der Waals surface area contributed by atoms with E-state index in [1.54, 1.807) is 31.4 Å². The number of carbonyl (C=O) groups is 3. The van der Waals surface area contributed by atoms with Crippen LogP contribution in [-0.2, 0) is 32.6 Å². The van der Waals surface area contributed by atoms with E-state index in [1.165, 1.54) is 24.1 Å². The minimum atomic E-state index is -3.96. The maximum atomic E-state index is 13.7. The molecule has 0 aliphatic carbocycles. The van der Waals surface area contributed by atoms with Crippen LogP contribution in [0.2, 0.25) is 0 Å². The van der Waals surface area contributed by atoms with E-state index >= 15 is 0 Å². The second kappa shape index (κ2) is 12.1. The zero-order valence-corrected chi connectivity index (χ0v) is 22.7. The second-order valence-electron chi connectivity index (χ2n) is 9.17. The Labute approximate surface area is 228 Å². The molecule has 0 bridgehead atoms. The third-order valence-corrected chi connectivity index (χ3v) is 8.51. The lowest BCUT2D eigenvalue weighted by molar-refractivity contribution is -0.141. The highest BCUT2D eigenvalue weighted by atomic mass is 32.2. The lowest BCUT2D eigenvalue weighted by atomic mass is 10.0. The number of fused-ring (bicyclic) bond motifs is 1. The third kappa shape index (κ3) is 6.12. The van der Waals surface area contributed by atoms with Gasteiger partial charge in [0.25, 0.3) is 15.9 Å². The molecule has 1 aliphatic heterocycles. The molecule has 1 unspecified atom stereocenters. The minimum absolute atomic E-state index is 0.0245. The van der Waals surface area contributed by atoms with Gasteiger partial charge in [-0.3, -0.25) is 14.4 Å². The lowest BCUT2D eigenvalue weighted by Crippen LogP contribution is -2.49. The molecule has 10 heteroatoms. The van der Waals surface area contributed by atoms with Crippen LogP contribution in [0.1, 0.15) is 34.3 Å². The fourth-order valence-corrected chi connectivity index (χ4v) is 6.27. The van der Waals surface area contributed by atoms with Gasteiger partial charge >= 0.3 is 0 Å². The van der Waals surface area contributed by atoms with Crippen LogP contribution in [0.25, 0.3) is 0 Å². The number of sulfonamides is 1. The SMILES string of the molecule is CNC(=O)C(Cc1ccccc1)N(Cc1cccc(OC)c1)C(=O)CCCN1C(=O)c2ccccc2S1(=O)=O. The van der Waals surface area contributed by atoms with Crippen molar-refractivity contribution in [3.63, 3.8) is 0 Å². The molecule has 9 nitrogen and oxygen atoms in total. The molecule has 1 aliphatic rings. The molecule has 0 fully saturated rings. The Balaban J connectivity index is 1.55. The Kier molecular flexibility index (Phi) is 8.65. The van der Waals surface area contributed by atoms with Crippen LogP contribution < -0.4 is 10.1 Å². The fourth-order valence-electron chi connectivity index (χ4n) is 4.66. The zero-order valence-electron chi connectivity index (χ0n) is 21.9. The molecule has 0 saturated heterocycles. The van der Waals surface area contributed by atoms with Gasteiger partial charge in [-0.1, -0.05) is 54.6 Å². The molecule has 4 rings (SSSR count). The number of likely N-dealkylation sites (N-methyl/N-ethyl adjacent to an activating group) is 1. The average Bonchev–Trinajstić information content (AvgIpc) is 3.15. The van der Waals surface area contributed by atoms with E-state index in [0.717, 1.165) is 15.4 Å². The standard InChI is InChI=1S/C29H31N3O6S/c1-30-28(34)25(19-21-10-4-3-5-11-21)31(20-22-12-8-13-23(18-22)38-2)27(33)16-9-17-32-29(35)24-14-6-7-15-26(24)39(32,36)37/h3-8,10-15,18,25H,9,16-17,19-20H2,1-2H3,(H,30,34). The average molecular weight is 550 g/mol. The van der Waals surface area contributed by atoms with Crippen molar-refractivity contribution in [1.29, 1.82) is 0 Å². The van der Waals surface area contributed by atoms with E-state index in [1.807, 2.05) is 42.5 Å². The van der Waals surface area contributed by atoms with Crippen molar-refractivity contribution in [3.8, 4) is 5.75 Å². The smallest absolute Gasteiger partial charge is 0.269 e. The van der Waals surface area contributed by atoms with Crippen LogP contribution in [0.15, 0.2) is 83.8 Å². The number of amides is 3. The number of carbonyl (C=O) groups excluding carboxylic acids is 3. The summed E-state index contributed by atoms with van der Waals surface area (Å²) < 4.78 is 31.9. The molecule has 0 aromatic heterocycles. The van der Waals surface area contributed by atoms with Crippen molar-refractivity contribution in [1.82, 2.24) is 14.5 Å². The Morgan fingerprint density at radius 2 is 1.67 bits per heavy atom. The summed E-state index contributed by atoms with van der Waals surface area (Å²) in [6, 6.07) is 21.9. The van der Waals surface area contributed by atoms with E-state index < -0.39 is 22.0 Å². The molecule has 1 heterocycles. The summed E-state index contributed by atoms with van der Waals surface area (Å²) >= 11 is 0. The van der Waals surface area contributed by atoms with Gasteiger partial charge in [0.15, 0.2) is 0 Å². The van der Waals surface area contributed by atoms with Crippen LogP contribution in [-0.4, -0.2) is 62.1 Å². The summed E-state index contributed by atoms with van der Waals surface area (Å²) in [6.45, 7) is 0.00521. The molecule has 0 radical (unpaired) electrons. The number of hydrogen-bond acceptors (Lipinski definition) is 6. The van der Waals surface area contributed by atoms with Crippen LogP contribution in [0.3, 0.4) is 0 Å². The van der Waals surface area contributed by atoms with Gasteiger partial charge in [-0.25, -0.2) is 12.7 Å². The first-order valence-electron chi connectivity index (χ1n) is 12.6. The number of rotatable bonds is 11. The monoisotopic (exact) mass is 549 g/mol. The quantitative estimate of drug-likeness (QED) is 0.394. The Morgan fingerprint density at radius 1 is 0.974 bits per heavy atom. The van der Waals surface area contributed by atoms with Crippen molar-refractivity contribution in [2.75, 3.05) is 20.7 Å². The Bertz CT molecular complexity index is 1460. The topological polar surface area (TPSA) is 113 Å². The van der Waals surface area contributed by atoms with Gasteiger partial charge < -0.3 is 15.0 Å². The van der Waals surface area contributed by atoms with Gasteiger partial charge in [0.05, 0.1) is 12.7 Å². The van der Waals surface area contributed by atoms with E-state index in [-0.39, 0.29) is 48.2 Å². The van der Waals surface area contributed by atoms with Gasteiger partial charge in [-0.2, -0.15) is 0 Å². The first-order valence-corrected chi connectivity index (χ1v) is 14.0. The fraction of sp³-hybridized carbons (Fsp3) is 0.276. The first-order chi connectivity index (χ1) is 18.8. The maximum Gasteiger partial charge on any atom is 0.269 e. The number of ether oxygens (including phenoxy) is 1. The van der Waals surface area contributed by atoms with Gasteiger partial charge in [0, 0.05) is 33.0 Å². The number of benzene rings is 3. The largest absolute Gasteiger partial charge is 0.497 e. The summed E-state index contributed by atoms with van der Waals surface area (Å²) in [6.07, 6.45) is 0.352. The maximum absolute atomic E-state index is 13.7.